The van der Waals surface area contributed by atoms with Crippen LogP contribution in [0.15, 0.2) is 18.5 Å². The van der Waals surface area contributed by atoms with Crippen molar-refractivity contribution in [3.05, 3.63) is 29.0 Å². The zero-order valence-electron chi connectivity index (χ0n) is 9.98. The van der Waals surface area contributed by atoms with Gasteiger partial charge in [-0.3, -0.25) is 9.88 Å². The topological polar surface area (TPSA) is 36.4 Å². The summed E-state index contributed by atoms with van der Waals surface area (Å²) >= 11 is 6.12. The maximum atomic E-state index is 9.16. The molecular weight excluding hydrogens is 236 g/mol. The summed E-state index contributed by atoms with van der Waals surface area (Å²) in [7, 11) is 0. The van der Waals surface area contributed by atoms with E-state index in [1.165, 1.54) is 25.7 Å². The molecule has 4 heteroatoms. The van der Waals surface area contributed by atoms with Crippen molar-refractivity contribution < 1.29 is 5.11 Å². The Bertz CT molecular complexity index is 353. The van der Waals surface area contributed by atoms with E-state index in [2.05, 4.69) is 9.88 Å². The van der Waals surface area contributed by atoms with E-state index < -0.39 is 0 Å². The number of hydrogen-bond acceptors (Lipinski definition) is 3. The number of aliphatic hydroxyl groups excluding tert-OH is 1. The second-order valence-corrected chi connectivity index (χ2v) is 5.01. The number of hydrogen-bond donors (Lipinski definition) is 1. The first-order chi connectivity index (χ1) is 8.31. The molecule has 0 spiro atoms. The third kappa shape index (κ3) is 3.41. The van der Waals surface area contributed by atoms with Gasteiger partial charge < -0.3 is 5.11 Å². The molecule has 1 N–H and O–H groups in total. The summed E-state index contributed by atoms with van der Waals surface area (Å²) in [5.74, 6) is 0. The van der Waals surface area contributed by atoms with Gasteiger partial charge in [-0.25, -0.2) is 0 Å². The molecule has 0 radical (unpaired) electrons. The lowest BCUT2D eigenvalue weighted by Gasteiger charge is -2.28. The number of aliphatic hydroxyl groups is 1. The smallest absolute Gasteiger partial charge is 0.0634 e. The standard InChI is InChI=1S/C13H19ClN2O/c14-13-9-15-6-5-11(13)10-16(7-8-17)12-3-1-2-4-12/h5-6,9,12,17H,1-4,7-8,10H2. The molecule has 1 heterocycles. The van der Waals surface area contributed by atoms with Crippen molar-refractivity contribution in [3.8, 4) is 0 Å². The summed E-state index contributed by atoms with van der Waals surface area (Å²) in [5.41, 5.74) is 1.10. The highest BCUT2D eigenvalue weighted by molar-refractivity contribution is 6.31. The molecule has 0 unspecified atom stereocenters. The monoisotopic (exact) mass is 254 g/mol. The van der Waals surface area contributed by atoms with E-state index >= 15 is 0 Å². The van der Waals surface area contributed by atoms with Gasteiger partial charge in [0, 0.05) is 31.5 Å². The Hall–Kier alpha value is -0.640. The van der Waals surface area contributed by atoms with Crippen molar-refractivity contribution in [1.29, 1.82) is 0 Å². The SMILES string of the molecule is OCCN(Cc1ccncc1Cl)C1CCCC1. The summed E-state index contributed by atoms with van der Waals surface area (Å²) in [6.07, 6.45) is 8.54. The van der Waals surface area contributed by atoms with E-state index in [-0.39, 0.29) is 6.61 Å². The van der Waals surface area contributed by atoms with Crippen LogP contribution in [-0.2, 0) is 6.54 Å². The number of rotatable bonds is 5. The highest BCUT2D eigenvalue weighted by Gasteiger charge is 2.22. The first-order valence-electron chi connectivity index (χ1n) is 6.24. The first kappa shape index (κ1) is 12.8. The Morgan fingerprint density at radius 3 is 2.82 bits per heavy atom. The predicted molar refractivity (Wildman–Crippen MR) is 69.0 cm³/mol. The van der Waals surface area contributed by atoms with Gasteiger partial charge in [0.15, 0.2) is 0 Å². The molecule has 0 saturated heterocycles. The Balaban J connectivity index is 2.04. The summed E-state index contributed by atoms with van der Waals surface area (Å²) in [6.45, 7) is 1.75. The lowest BCUT2D eigenvalue weighted by molar-refractivity contribution is 0.145. The van der Waals surface area contributed by atoms with E-state index in [9.17, 15) is 0 Å². The number of nitrogens with zero attached hydrogens (tertiary/aromatic N) is 2. The van der Waals surface area contributed by atoms with Crippen molar-refractivity contribution in [2.45, 2.75) is 38.3 Å². The van der Waals surface area contributed by atoms with Crippen molar-refractivity contribution in [2.75, 3.05) is 13.2 Å². The number of aromatic nitrogens is 1. The minimum Gasteiger partial charge on any atom is -0.395 e. The van der Waals surface area contributed by atoms with E-state index in [4.69, 9.17) is 16.7 Å². The molecule has 0 aliphatic heterocycles. The van der Waals surface area contributed by atoms with Gasteiger partial charge in [0.05, 0.1) is 11.6 Å². The molecule has 0 atom stereocenters. The van der Waals surface area contributed by atoms with E-state index in [0.717, 1.165) is 18.7 Å². The van der Waals surface area contributed by atoms with Gasteiger partial charge in [0.25, 0.3) is 0 Å². The number of pyridine rings is 1. The quantitative estimate of drug-likeness (QED) is 0.877. The van der Waals surface area contributed by atoms with Gasteiger partial charge >= 0.3 is 0 Å². The molecule has 3 nitrogen and oxygen atoms in total. The molecule has 1 fully saturated rings. The Morgan fingerprint density at radius 1 is 1.41 bits per heavy atom. The van der Waals surface area contributed by atoms with Gasteiger partial charge in [-0.1, -0.05) is 24.4 Å². The van der Waals surface area contributed by atoms with Crippen molar-refractivity contribution in [3.63, 3.8) is 0 Å². The zero-order valence-corrected chi connectivity index (χ0v) is 10.7. The molecule has 0 aromatic carbocycles. The largest absolute Gasteiger partial charge is 0.395 e. The van der Waals surface area contributed by atoms with Crippen LogP contribution in [0.5, 0.6) is 0 Å². The van der Waals surface area contributed by atoms with Crippen molar-refractivity contribution >= 4 is 11.6 Å². The third-order valence-corrected chi connectivity index (χ3v) is 3.80. The second-order valence-electron chi connectivity index (χ2n) is 4.60. The second kappa shape index (κ2) is 6.34. The third-order valence-electron chi connectivity index (χ3n) is 3.46. The molecule has 2 rings (SSSR count). The van der Waals surface area contributed by atoms with Gasteiger partial charge in [-0.15, -0.1) is 0 Å². The normalized spacial score (nSPS) is 16.9. The molecule has 1 saturated carbocycles. The predicted octanol–water partition coefficient (Wildman–Crippen LogP) is 2.47. The maximum absolute atomic E-state index is 9.16. The highest BCUT2D eigenvalue weighted by atomic mass is 35.5. The lowest BCUT2D eigenvalue weighted by Crippen LogP contribution is -2.35. The van der Waals surface area contributed by atoms with Crippen LogP contribution in [0.4, 0.5) is 0 Å². The summed E-state index contributed by atoms with van der Waals surface area (Å²) in [4.78, 5) is 6.34. The summed E-state index contributed by atoms with van der Waals surface area (Å²) in [5, 5.41) is 9.87. The number of halogens is 1. The minimum absolute atomic E-state index is 0.208. The van der Waals surface area contributed by atoms with Crippen LogP contribution in [0.3, 0.4) is 0 Å². The molecule has 94 valence electrons. The molecule has 0 bridgehead atoms. The molecule has 17 heavy (non-hydrogen) atoms. The maximum Gasteiger partial charge on any atom is 0.0634 e. The van der Waals surface area contributed by atoms with Gasteiger partial charge in [-0.05, 0) is 24.5 Å². The van der Waals surface area contributed by atoms with Crippen molar-refractivity contribution in [2.24, 2.45) is 0 Å². The fourth-order valence-corrected chi connectivity index (χ4v) is 2.72. The lowest BCUT2D eigenvalue weighted by atomic mass is 10.1. The van der Waals surface area contributed by atoms with Gasteiger partial charge in [-0.2, -0.15) is 0 Å². The fourth-order valence-electron chi connectivity index (χ4n) is 2.54. The molecule has 0 amide bonds. The summed E-state index contributed by atoms with van der Waals surface area (Å²) in [6, 6.07) is 2.56. The Kier molecular flexibility index (Phi) is 4.77. The zero-order chi connectivity index (χ0) is 12.1. The Labute approximate surface area is 107 Å². The highest BCUT2D eigenvalue weighted by Crippen LogP contribution is 2.26. The van der Waals surface area contributed by atoms with E-state index in [1.54, 1.807) is 12.4 Å². The van der Waals surface area contributed by atoms with Gasteiger partial charge in [0.2, 0.25) is 0 Å². The first-order valence-corrected chi connectivity index (χ1v) is 6.62. The fraction of sp³-hybridized carbons (Fsp3) is 0.615. The van der Waals surface area contributed by atoms with Crippen LogP contribution in [0.25, 0.3) is 0 Å². The van der Waals surface area contributed by atoms with Crippen LogP contribution in [0.2, 0.25) is 5.02 Å². The molecule has 1 aliphatic carbocycles. The van der Waals surface area contributed by atoms with Crippen LogP contribution >= 0.6 is 11.6 Å². The minimum atomic E-state index is 0.208. The molecule has 1 aliphatic rings. The average molecular weight is 255 g/mol. The molecule has 1 aromatic rings. The molecular formula is C13H19ClN2O. The van der Waals surface area contributed by atoms with Crippen LogP contribution in [0.1, 0.15) is 31.2 Å². The van der Waals surface area contributed by atoms with Crippen LogP contribution in [0, 0.1) is 0 Å². The average Bonchev–Trinajstić information content (AvgIpc) is 2.85. The summed E-state index contributed by atoms with van der Waals surface area (Å²) < 4.78 is 0. The molecule has 1 aromatic heterocycles. The van der Waals surface area contributed by atoms with E-state index in [1.807, 2.05) is 6.07 Å². The Morgan fingerprint density at radius 2 is 2.18 bits per heavy atom. The van der Waals surface area contributed by atoms with Gasteiger partial charge in [0.1, 0.15) is 0 Å². The van der Waals surface area contributed by atoms with E-state index in [0.29, 0.717) is 11.1 Å². The van der Waals surface area contributed by atoms with Crippen molar-refractivity contribution in [1.82, 2.24) is 9.88 Å². The van der Waals surface area contributed by atoms with Crippen LogP contribution in [-0.4, -0.2) is 34.2 Å². The van der Waals surface area contributed by atoms with Crippen LogP contribution < -0.4 is 0 Å².